The zero-order chi connectivity index (χ0) is 24.7. The van der Waals surface area contributed by atoms with E-state index >= 15 is 0 Å². The second-order valence-corrected chi connectivity index (χ2v) is 8.44. The molecular formula is C22H20ClF3N2O5. The molecule has 7 nitrogen and oxygen atoms in total. The van der Waals surface area contributed by atoms with Crippen molar-refractivity contribution in [3.63, 3.8) is 0 Å². The maximum atomic E-state index is 12.8. The number of urea groups is 1. The van der Waals surface area contributed by atoms with Crippen LogP contribution in [0.4, 0.5) is 23.7 Å². The summed E-state index contributed by atoms with van der Waals surface area (Å²) in [5.74, 6) is -1.54. The predicted octanol–water partition coefficient (Wildman–Crippen LogP) is 4.88. The topological polar surface area (TPSA) is 87.2 Å². The lowest BCUT2D eigenvalue weighted by Crippen LogP contribution is -2.38. The van der Waals surface area contributed by atoms with Gasteiger partial charge < -0.3 is 9.84 Å². The van der Waals surface area contributed by atoms with Crippen LogP contribution in [0.5, 0.6) is 5.75 Å². The number of ether oxygens (including phenoxy) is 1. The fourth-order valence-electron chi connectivity index (χ4n) is 3.23. The number of hydrogen-bond donors (Lipinski definition) is 1. The van der Waals surface area contributed by atoms with Gasteiger partial charge in [0.15, 0.2) is 5.60 Å². The number of hydrogen-bond acceptors (Lipinski definition) is 4. The van der Waals surface area contributed by atoms with E-state index < -0.39 is 35.2 Å². The summed E-state index contributed by atoms with van der Waals surface area (Å²) < 4.78 is 43.8. The van der Waals surface area contributed by atoms with Crippen LogP contribution < -0.4 is 9.64 Å². The molecule has 1 heterocycles. The summed E-state index contributed by atoms with van der Waals surface area (Å²) in [6, 6.07) is 6.35. The van der Waals surface area contributed by atoms with Crippen LogP contribution in [-0.4, -0.2) is 40.1 Å². The van der Waals surface area contributed by atoms with Gasteiger partial charge >= 0.3 is 18.2 Å². The number of amides is 3. The van der Waals surface area contributed by atoms with Gasteiger partial charge in [-0.2, -0.15) is 13.2 Å². The van der Waals surface area contributed by atoms with Crippen LogP contribution in [-0.2, 0) is 22.3 Å². The van der Waals surface area contributed by atoms with Crippen LogP contribution in [0.25, 0.3) is 0 Å². The second kappa shape index (κ2) is 8.58. The molecule has 0 saturated carbocycles. The fraction of sp³-hybridized carbons (Fsp3) is 0.318. The maximum absolute atomic E-state index is 12.8. The molecular weight excluding hydrogens is 465 g/mol. The van der Waals surface area contributed by atoms with Gasteiger partial charge in [-0.15, -0.1) is 0 Å². The largest absolute Gasteiger partial charge is 0.478 e. The molecule has 1 saturated heterocycles. The Morgan fingerprint density at radius 2 is 1.76 bits per heavy atom. The zero-order valence-corrected chi connectivity index (χ0v) is 18.6. The van der Waals surface area contributed by atoms with E-state index in [-0.39, 0.29) is 29.5 Å². The summed E-state index contributed by atoms with van der Waals surface area (Å²) >= 11 is 6.27. The van der Waals surface area contributed by atoms with E-state index in [9.17, 15) is 32.7 Å². The van der Waals surface area contributed by atoms with Gasteiger partial charge in [-0.05, 0) is 62.2 Å². The van der Waals surface area contributed by atoms with E-state index in [1.807, 2.05) is 0 Å². The molecule has 0 spiro atoms. The Kier molecular flexibility index (Phi) is 6.34. The fourth-order valence-corrected chi connectivity index (χ4v) is 3.56. The Bertz CT molecular complexity index is 1090. The molecule has 2 aromatic rings. The smallest absolute Gasteiger partial charge is 0.416 e. The molecule has 0 radical (unpaired) electrons. The third-order valence-electron chi connectivity index (χ3n) is 5.06. The Morgan fingerprint density at radius 3 is 2.27 bits per heavy atom. The lowest BCUT2D eigenvalue weighted by atomic mass is 10.1. The molecule has 1 aliphatic heterocycles. The quantitative estimate of drug-likeness (QED) is 0.591. The number of carboxylic acids is 1. The normalized spacial score (nSPS) is 14.8. The lowest BCUT2D eigenvalue weighted by Gasteiger charge is -2.24. The highest BCUT2D eigenvalue weighted by molar-refractivity contribution is 6.32. The van der Waals surface area contributed by atoms with Crippen LogP contribution in [0, 0.1) is 6.92 Å². The van der Waals surface area contributed by atoms with Crippen LogP contribution in [0.1, 0.15) is 30.5 Å². The number of carbonyl (C=O) groups excluding carboxylic acids is 2. The molecule has 1 N–H and O–H groups in total. The third kappa shape index (κ3) is 5.05. The average Bonchev–Trinajstić information content (AvgIpc) is 2.98. The number of anilines is 1. The number of nitrogens with zero attached hydrogens (tertiary/aromatic N) is 2. The van der Waals surface area contributed by atoms with Crippen molar-refractivity contribution in [3.8, 4) is 5.75 Å². The summed E-state index contributed by atoms with van der Waals surface area (Å²) in [5, 5.41) is 9.36. The molecule has 1 fully saturated rings. The number of aryl methyl sites for hydroxylation is 1. The molecule has 176 valence electrons. The maximum Gasteiger partial charge on any atom is 0.416 e. The van der Waals surface area contributed by atoms with E-state index in [4.69, 9.17) is 16.3 Å². The zero-order valence-electron chi connectivity index (χ0n) is 17.9. The van der Waals surface area contributed by atoms with E-state index in [1.54, 1.807) is 13.0 Å². The number of halogens is 4. The summed E-state index contributed by atoms with van der Waals surface area (Å²) in [5.41, 5.74) is -1.23. The Morgan fingerprint density at radius 1 is 1.15 bits per heavy atom. The van der Waals surface area contributed by atoms with Gasteiger partial charge in [-0.25, -0.2) is 9.59 Å². The number of imide groups is 1. The molecule has 0 aliphatic carbocycles. The molecule has 3 amide bonds. The number of rotatable bonds is 6. The number of carboxylic acid groups (broad SMARTS) is 1. The van der Waals surface area contributed by atoms with Crippen molar-refractivity contribution in [1.29, 1.82) is 0 Å². The van der Waals surface area contributed by atoms with E-state index in [0.29, 0.717) is 11.1 Å². The van der Waals surface area contributed by atoms with Crippen LogP contribution in [0.15, 0.2) is 36.4 Å². The minimum Gasteiger partial charge on any atom is -0.478 e. The molecule has 3 rings (SSSR count). The van der Waals surface area contributed by atoms with Gasteiger partial charge in [0.25, 0.3) is 5.91 Å². The number of aliphatic carboxylic acids is 1. The highest BCUT2D eigenvalue weighted by Gasteiger charge is 2.38. The Labute approximate surface area is 192 Å². The number of carbonyl (C=O) groups is 3. The summed E-state index contributed by atoms with van der Waals surface area (Å²) in [6.07, 6.45) is -4.51. The van der Waals surface area contributed by atoms with Crippen molar-refractivity contribution in [2.24, 2.45) is 0 Å². The molecule has 1 aliphatic rings. The molecule has 0 aromatic heterocycles. The van der Waals surface area contributed by atoms with Crippen LogP contribution in [0.2, 0.25) is 5.02 Å². The van der Waals surface area contributed by atoms with Gasteiger partial charge in [-0.1, -0.05) is 17.7 Å². The SMILES string of the molecule is Cc1cc(CN2C(=O)CN(c3ccc(C(F)(F)F)cc3)C2=O)cc(Cl)c1OC(C)(C)C(=O)O. The molecule has 0 unspecified atom stereocenters. The monoisotopic (exact) mass is 484 g/mol. The minimum absolute atomic E-state index is 0.109. The number of alkyl halides is 3. The van der Waals surface area contributed by atoms with Crippen molar-refractivity contribution in [2.45, 2.75) is 39.1 Å². The summed E-state index contributed by atoms with van der Waals surface area (Å²) in [6.45, 7) is 3.94. The predicted molar refractivity (Wildman–Crippen MR) is 113 cm³/mol. The van der Waals surface area contributed by atoms with E-state index in [0.717, 1.165) is 34.1 Å². The lowest BCUT2D eigenvalue weighted by molar-refractivity contribution is -0.152. The Hall–Kier alpha value is -3.27. The van der Waals surface area contributed by atoms with Gasteiger partial charge in [0, 0.05) is 5.69 Å². The Balaban J connectivity index is 1.79. The van der Waals surface area contributed by atoms with Gasteiger partial charge in [0.1, 0.15) is 12.3 Å². The first-order valence-corrected chi connectivity index (χ1v) is 10.1. The second-order valence-electron chi connectivity index (χ2n) is 8.03. The average molecular weight is 485 g/mol. The first kappa shape index (κ1) is 24.4. The first-order valence-electron chi connectivity index (χ1n) is 9.71. The highest BCUT2D eigenvalue weighted by atomic mass is 35.5. The van der Waals surface area contributed by atoms with Crippen molar-refractivity contribution < 1.29 is 37.4 Å². The number of benzene rings is 2. The summed E-state index contributed by atoms with van der Waals surface area (Å²) in [7, 11) is 0. The van der Waals surface area contributed by atoms with Crippen molar-refractivity contribution in [1.82, 2.24) is 4.90 Å². The van der Waals surface area contributed by atoms with Crippen molar-refractivity contribution in [3.05, 3.63) is 58.1 Å². The highest BCUT2D eigenvalue weighted by Crippen LogP contribution is 2.34. The standard InChI is InChI=1S/C22H20ClF3N2O5/c1-12-8-13(9-16(23)18(12)33-21(2,3)19(30)31)10-28-17(29)11-27(20(28)32)15-6-4-14(5-7-15)22(24,25)26/h4-9H,10-11H2,1-3H3,(H,30,31). The van der Waals surface area contributed by atoms with Crippen molar-refractivity contribution in [2.75, 3.05) is 11.4 Å². The van der Waals surface area contributed by atoms with Gasteiger partial charge in [0.05, 0.1) is 17.1 Å². The molecule has 2 aromatic carbocycles. The van der Waals surface area contributed by atoms with Crippen LogP contribution in [0.3, 0.4) is 0 Å². The van der Waals surface area contributed by atoms with Gasteiger partial charge in [0.2, 0.25) is 0 Å². The first-order chi connectivity index (χ1) is 15.2. The molecule has 33 heavy (non-hydrogen) atoms. The van der Waals surface area contributed by atoms with E-state index in [2.05, 4.69) is 0 Å². The van der Waals surface area contributed by atoms with Crippen LogP contribution >= 0.6 is 11.6 Å². The van der Waals surface area contributed by atoms with Crippen molar-refractivity contribution >= 4 is 35.2 Å². The minimum atomic E-state index is -4.51. The third-order valence-corrected chi connectivity index (χ3v) is 5.35. The molecule has 11 heteroatoms. The molecule has 0 bridgehead atoms. The van der Waals surface area contributed by atoms with Gasteiger partial charge in [-0.3, -0.25) is 14.6 Å². The summed E-state index contributed by atoms with van der Waals surface area (Å²) in [4.78, 5) is 38.6. The van der Waals surface area contributed by atoms with E-state index in [1.165, 1.54) is 19.9 Å². The molecule has 0 atom stereocenters.